The van der Waals surface area contributed by atoms with Crippen LogP contribution in [-0.4, -0.2) is 73.4 Å². The number of aliphatic hydroxyl groups is 1. The number of nitrogens with zero attached hydrogens (tertiary/aromatic N) is 3. The molecular weight excluding hydrogens is 440 g/mol. The van der Waals surface area contributed by atoms with Crippen molar-refractivity contribution < 1.29 is 29.6 Å². The van der Waals surface area contributed by atoms with E-state index in [-0.39, 0.29) is 19.0 Å². The largest absolute Gasteiger partial charge is 0.486 e. The summed E-state index contributed by atoms with van der Waals surface area (Å²) in [7, 11) is 0. The Morgan fingerprint density at radius 1 is 1.09 bits per heavy atom. The van der Waals surface area contributed by atoms with Gasteiger partial charge in [0.05, 0.1) is 17.5 Å². The Kier molecular flexibility index (Phi) is 10.5. The minimum atomic E-state index is -0.416. The molecule has 4 atom stereocenters. The Morgan fingerprint density at radius 2 is 1.71 bits per heavy atom. The fourth-order valence-electron chi connectivity index (χ4n) is 4.80. The van der Waals surface area contributed by atoms with Gasteiger partial charge in [-0.15, -0.1) is 0 Å². The van der Waals surface area contributed by atoms with Crippen molar-refractivity contribution in [3.8, 4) is 5.75 Å². The lowest BCUT2D eigenvalue weighted by Gasteiger charge is -2.35. The van der Waals surface area contributed by atoms with Gasteiger partial charge in [-0.1, -0.05) is 6.92 Å². The van der Waals surface area contributed by atoms with E-state index in [1.807, 2.05) is 26.0 Å². The molecule has 4 rings (SSSR count). The van der Waals surface area contributed by atoms with Gasteiger partial charge in [0, 0.05) is 37.4 Å². The molecule has 10 heteroatoms. The van der Waals surface area contributed by atoms with Gasteiger partial charge in [0.15, 0.2) is 0 Å². The van der Waals surface area contributed by atoms with E-state index in [1.54, 1.807) is 0 Å². The third-order valence-corrected chi connectivity index (χ3v) is 6.36. The molecule has 0 bridgehead atoms. The van der Waals surface area contributed by atoms with Crippen LogP contribution in [0.3, 0.4) is 0 Å². The summed E-state index contributed by atoms with van der Waals surface area (Å²) in [6.45, 7) is 10.7. The van der Waals surface area contributed by atoms with Gasteiger partial charge in [-0.2, -0.15) is 0 Å². The maximum Gasteiger partial charge on any atom is 0.290 e. The lowest BCUT2D eigenvalue weighted by atomic mass is 9.78. The number of pyridine rings is 1. The topological polar surface area (TPSA) is 149 Å². The van der Waals surface area contributed by atoms with Crippen LogP contribution >= 0.6 is 0 Å². The first kappa shape index (κ1) is 27.3. The maximum atomic E-state index is 10.7. The smallest absolute Gasteiger partial charge is 0.290 e. The highest BCUT2D eigenvalue weighted by Gasteiger charge is 2.42. The Morgan fingerprint density at radius 3 is 2.26 bits per heavy atom. The SMILES string of the molecule is CCc1nc(CN2C[C@H]3C[C@@H](Oc4ccc(C)nc4C)[C@H](O)C[C@H]3C2)c(C)[nH]1.O=CO.O=CO. The number of aromatic nitrogens is 3. The second-order valence-electron chi connectivity index (χ2n) is 8.77. The number of imidazole rings is 1. The molecule has 188 valence electrons. The monoisotopic (exact) mass is 476 g/mol. The third-order valence-electron chi connectivity index (χ3n) is 6.36. The number of aromatic amines is 1. The number of hydrogen-bond acceptors (Lipinski definition) is 7. The highest BCUT2D eigenvalue weighted by molar-refractivity contribution is 5.33. The van der Waals surface area contributed by atoms with Gasteiger partial charge in [-0.25, -0.2) is 4.98 Å². The second kappa shape index (κ2) is 13.0. The first-order valence-corrected chi connectivity index (χ1v) is 11.5. The van der Waals surface area contributed by atoms with Gasteiger partial charge in [0.2, 0.25) is 0 Å². The van der Waals surface area contributed by atoms with Crippen LogP contribution in [0.15, 0.2) is 12.1 Å². The molecule has 1 aliphatic heterocycles. The molecule has 0 radical (unpaired) electrons. The van der Waals surface area contributed by atoms with Crippen LogP contribution in [0, 0.1) is 32.6 Å². The van der Waals surface area contributed by atoms with Crippen molar-refractivity contribution in [1.29, 1.82) is 0 Å². The number of fused-ring (bicyclic) bond motifs is 1. The Labute approximate surface area is 200 Å². The van der Waals surface area contributed by atoms with E-state index in [1.165, 1.54) is 5.69 Å². The molecule has 0 amide bonds. The Balaban J connectivity index is 0.000000618. The minimum Gasteiger partial charge on any atom is -0.486 e. The predicted molar refractivity (Wildman–Crippen MR) is 126 cm³/mol. The average Bonchev–Trinajstić information content (AvgIpc) is 3.33. The molecule has 1 saturated carbocycles. The molecule has 0 unspecified atom stereocenters. The van der Waals surface area contributed by atoms with Gasteiger partial charge in [-0.3, -0.25) is 19.5 Å². The lowest BCUT2D eigenvalue weighted by Crippen LogP contribution is -2.42. The third kappa shape index (κ3) is 7.26. The van der Waals surface area contributed by atoms with Crippen LogP contribution in [0.4, 0.5) is 0 Å². The molecule has 0 spiro atoms. The fraction of sp³-hybridized carbons (Fsp3) is 0.583. The van der Waals surface area contributed by atoms with E-state index in [9.17, 15) is 5.11 Å². The molecule has 2 aromatic rings. The highest BCUT2D eigenvalue weighted by Crippen LogP contribution is 2.38. The number of carboxylic acid groups (broad SMARTS) is 2. The fourth-order valence-corrected chi connectivity index (χ4v) is 4.80. The van der Waals surface area contributed by atoms with Crippen molar-refractivity contribution in [2.75, 3.05) is 13.1 Å². The van der Waals surface area contributed by atoms with Gasteiger partial charge in [0.25, 0.3) is 12.9 Å². The average molecular weight is 477 g/mol. The van der Waals surface area contributed by atoms with Crippen LogP contribution in [0.2, 0.25) is 0 Å². The molecule has 4 N–H and O–H groups in total. The number of rotatable bonds is 5. The number of aryl methyl sites for hydroxylation is 4. The van der Waals surface area contributed by atoms with Crippen LogP contribution in [0.1, 0.15) is 48.4 Å². The summed E-state index contributed by atoms with van der Waals surface area (Å²) >= 11 is 0. The van der Waals surface area contributed by atoms with Crippen LogP contribution in [0.5, 0.6) is 5.75 Å². The van der Waals surface area contributed by atoms with Crippen LogP contribution in [-0.2, 0) is 22.6 Å². The van der Waals surface area contributed by atoms with Gasteiger partial charge in [0.1, 0.15) is 17.7 Å². The first-order chi connectivity index (χ1) is 16.3. The van der Waals surface area contributed by atoms with E-state index in [4.69, 9.17) is 29.5 Å². The standard InChI is InChI=1S/C22H32N4O2.2CH2O2/c1-5-22-24-14(3)18(25-22)12-26-10-16-8-19(27)21(9-17(16)11-26)28-20-7-6-13(2)23-15(20)4;2*2-1-3/h6-7,16-17,19,21,27H,5,8-12H2,1-4H3,(H,24,25);2*1H,(H,2,3)/t16-,17+,19+,21+;;/m0../s1. The predicted octanol–water partition coefficient (Wildman–Crippen LogP) is 2.34. The molecule has 3 heterocycles. The maximum absolute atomic E-state index is 10.7. The summed E-state index contributed by atoms with van der Waals surface area (Å²) in [6, 6.07) is 3.94. The Bertz CT molecular complexity index is 928. The molecule has 2 aliphatic rings. The van der Waals surface area contributed by atoms with Crippen molar-refractivity contribution in [3.05, 3.63) is 40.7 Å². The summed E-state index contributed by atoms with van der Waals surface area (Å²) in [5.74, 6) is 2.96. The molecule has 2 fully saturated rings. The number of nitrogens with one attached hydrogen (secondary N) is 1. The molecule has 34 heavy (non-hydrogen) atoms. The van der Waals surface area contributed by atoms with E-state index in [0.29, 0.717) is 11.8 Å². The molecule has 1 aliphatic carbocycles. The van der Waals surface area contributed by atoms with Crippen molar-refractivity contribution in [2.45, 2.75) is 65.7 Å². The number of H-pyrrole nitrogens is 1. The van der Waals surface area contributed by atoms with E-state index < -0.39 is 6.10 Å². The van der Waals surface area contributed by atoms with Gasteiger partial charge < -0.3 is 25.0 Å². The van der Waals surface area contributed by atoms with Crippen LogP contribution in [0.25, 0.3) is 0 Å². The van der Waals surface area contributed by atoms with Gasteiger partial charge in [-0.05, 0) is 57.6 Å². The summed E-state index contributed by atoms with van der Waals surface area (Å²) in [5.41, 5.74) is 4.21. The van der Waals surface area contributed by atoms with Crippen molar-refractivity contribution in [2.24, 2.45) is 11.8 Å². The molecule has 0 aromatic carbocycles. The zero-order valence-electron chi connectivity index (χ0n) is 20.3. The van der Waals surface area contributed by atoms with E-state index in [2.05, 4.69) is 28.7 Å². The first-order valence-electron chi connectivity index (χ1n) is 11.5. The normalized spacial score (nSPS) is 23.6. The van der Waals surface area contributed by atoms with Gasteiger partial charge >= 0.3 is 0 Å². The number of ether oxygens (including phenoxy) is 1. The minimum absolute atomic E-state index is 0.150. The van der Waals surface area contributed by atoms with E-state index >= 15 is 0 Å². The quantitative estimate of drug-likeness (QED) is 0.477. The number of hydrogen-bond donors (Lipinski definition) is 4. The zero-order valence-corrected chi connectivity index (χ0v) is 20.3. The summed E-state index contributed by atoms with van der Waals surface area (Å²) in [6.07, 6.45) is 2.08. The molecular formula is C24H36N4O6. The summed E-state index contributed by atoms with van der Waals surface area (Å²) in [5, 5.41) is 24.5. The second-order valence-corrected chi connectivity index (χ2v) is 8.77. The molecule has 10 nitrogen and oxygen atoms in total. The van der Waals surface area contributed by atoms with Crippen molar-refractivity contribution >= 4 is 12.9 Å². The Hall–Kier alpha value is -2.98. The molecule has 1 saturated heterocycles. The molecule has 2 aromatic heterocycles. The van der Waals surface area contributed by atoms with Crippen LogP contribution < -0.4 is 4.74 Å². The lowest BCUT2D eigenvalue weighted by molar-refractivity contribution is -0.123. The number of aliphatic hydroxyl groups excluding tert-OH is 1. The zero-order chi connectivity index (χ0) is 25.3. The number of likely N-dealkylation sites (tertiary alicyclic amines) is 1. The highest BCUT2D eigenvalue weighted by atomic mass is 16.5. The van der Waals surface area contributed by atoms with Crippen molar-refractivity contribution in [1.82, 2.24) is 19.9 Å². The van der Waals surface area contributed by atoms with Crippen molar-refractivity contribution in [3.63, 3.8) is 0 Å². The summed E-state index contributed by atoms with van der Waals surface area (Å²) in [4.78, 5) is 31.8. The van der Waals surface area contributed by atoms with E-state index in [0.717, 1.165) is 67.6 Å². The summed E-state index contributed by atoms with van der Waals surface area (Å²) < 4.78 is 6.20. The number of carbonyl (C=O) groups is 2.